The Morgan fingerprint density at radius 2 is 2.32 bits per heavy atom. The lowest BCUT2D eigenvalue weighted by atomic mass is 9.98. The number of piperidine rings is 1. The molecule has 0 amide bonds. The number of hydrogen-bond acceptors (Lipinski definition) is 3. The van der Waals surface area contributed by atoms with Gasteiger partial charge in [-0.1, -0.05) is 18.1 Å². The van der Waals surface area contributed by atoms with Gasteiger partial charge in [0.1, 0.15) is 0 Å². The van der Waals surface area contributed by atoms with Crippen molar-refractivity contribution >= 4 is 27.5 Å². The predicted octanol–water partition coefficient (Wildman–Crippen LogP) is 3.31. The molecule has 3 N–H and O–H groups in total. The first-order valence-corrected chi connectivity index (χ1v) is 7.51. The van der Waals surface area contributed by atoms with Crippen LogP contribution >= 0.6 is 15.9 Å². The van der Waals surface area contributed by atoms with Crippen LogP contribution in [0.3, 0.4) is 0 Å². The zero-order valence-electron chi connectivity index (χ0n) is 11.1. The topological polar surface area (TPSA) is 61.8 Å². The van der Waals surface area contributed by atoms with Crippen LogP contribution in [0.15, 0.2) is 27.8 Å². The minimum absolute atomic E-state index is 0.155. The molecule has 1 atom stereocenters. The maximum atomic E-state index is 8.98. The number of rotatable bonds is 3. The summed E-state index contributed by atoms with van der Waals surface area (Å²) in [7, 11) is 0. The maximum absolute atomic E-state index is 8.98. The van der Waals surface area contributed by atoms with Crippen LogP contribution in [0.1, 0.15) is 38.2 Å². The molecule has 1 unspecified atom stereocenters. The van der Waals surface area contributed by atoms with Gasteiger partial charge in [0.25, 0.3) is 0 Å². The SMILES string of the molecule is CCC1CCCCN1c1cccc(Br)c1/C(N)=N/O. The summed E-state index contributed by atoms with van der Waals surface area (Å²) in [6.07, 6.45) is 4.79. The van der Waals surface area contributed by atoms with Crippen LogP contribution in [-0.2, 0) is 0 Å². The third-order valence-corrected chi connectivity index (χ3v) is 4.42. The molecule has 1 saturated heterocycles. The highest BCUT2D eigenvalue weighted by Crippen LogP contribution is 2.33. The summed E-state index contributed by atoms with van der Waals surface area (Å²) in [6.45, 7) is 3.24. The summed E-state index contributed by atoms with van der Waals surface area (Å²) < 4.78 is 0.862. The summed E-state index contributed by atoms with van der Waals surface area (Å²) in [4.78, 5) is 2.39. The van der Waals surface area contributed by atoms with Crippen molar-refractivity contribution in [1.29, 1.82) is 0 Å². The Hall–Kier alpha value is -1.23. The summed E-state index contributed by atoms with van der Waals surface area (Å²) in [5.74, 6) is 0.155. The highest BCUT2D eigenvalue weighted by Gasteiger charge is 2.24. The average Bonchev–Trinajstić information content (AvgIpc) is 2.46. The highest BCUT2D eigenvalue weighted by molar-refractivity contribution is 9.10. The molecule has 0 saturated carbocycles. The van der Waals surface area contributed by atoms with E-state index in [1.807, 2.05) is 18.2 Å². The minimum Gasteiger partial charge on any atom is -0.409 e. The lowest BCUT2D eigenvalue weighted by Gasteiger charge is -2.38. The zero-order valence-corrected chi connectivity index (χ0v) is 12.7. The second-order valence-electron chi connectivity index (χ2n) is 4.87. The van der Waals surface area contributed by atoms with E-state index < -0.39 is 0 Å². The molecule has 1 aromatic carbocycles. The van der Waals surface area contributed by atoms with Gasteiger partial charge in [0.2, 0.25) is 0 Å². The molecule has 0 radical (unpaired) electrons. The number of halogens is 1. The van der Waals surface area contributed by atoms with Crippen molar-refractivity contribution in [3.8, 4) is 0 Å². The van der Waals surface area contributed by atoms with Gasteiger partial charge in [-0.05, 0) is 53.7 Å². The van der Waals surface area contributed by atoms with Gasteiger partial charge in [0, 0.05) is 22.7 Å². The fourth-order valence-electron chi connectivity index (χ4n) is 2.80. The number of benzene rings is 1. The smallest absolute Gasteiger partial charge is 0.173 e. The van der Waals surface area contributed by atoms with E-state index in [2.05, 4.69) is 32.9 Å². The fourth-order valence-corrected chi connectivity index (χ4v) is 3.36. The van der Waals surface area contributed by atoms with Gasteiger partial charge in [0.05, 0.1) is 5.56 Å². The molecular weight excluding hydrogens is 306 g/mol. The Morgan fingerprint density at radius 3 is 3.00 bits per heavy atom. The van der Waals surface area contributed by atoms with E-state index in [-0.39, 0.29) is 5.84 Å². The lowest BCUT2D eigenvalue weighted by Crippen LogP contribution is -2.40. The first kappa shape index (κ1) is 14.2. The minimum atomic E-state index is 0.155. The molecule has 4 nitrogen and oxygen atoms in total. The Balaban J connectivity index is 2.46. The van der Waals surface area contributed by atoms with Crippen molar-refractivity contribution in [2.75, 3.05) is 11.4 Å². The van der Waals surface area contributed by atoms with E-state index in [1.165, 1.54) is 19.3 Å². The number of nitrogens with zero attached hydrogens (tertiary/aromatic N) is 2. The number of oxime groups is 1. The van der Waals surface area contributed by atoms with E-state index >= 15 is 0 Å². The molecule has 0 aromatic heterocycles. The highest BCUT2D eigenvalue weighted by atomic mass is 79.9. The molecule has 0 spiro atoms. The first-order chi connectivity index (χ1) is 9.19. The molecule has 1 heterocycles. The Bertz CT molecular complexity index is 476. The van der Waals surface area contributed by atoms with E-state index in [9.17, 15) is 0 Å². The molecule has 1 aromatic rings. The molecular formula is C14H20BrN3O. The average molecular weight is 326 g/mol. The van der Waals surface area contributed by atoms with Crippen molar-refractivity contribution in [2.45, 2.75) is 38.6 Å². The molecule has 1 aliphatic rings. The predicted molar refractivity (Wildman–Crippen MR) is 81.9 cm³/mol. The number of amidine groups is 1. The number of anilines is 1. The summed E-state index contributed by atoms with van der Waals surface area (Å²) in [6, 6.07) is 6.50. The molecule has 5 heteroatoms. The zero-order chi connectivity index (χ0) is 13.8. The van der Waals surface area contributed by atoms with Crippen LogP contribution < -0.4 is 10.6 Å². The van der Waals surface area contributed by atoms with Crippen LogP contribution in [0.5, 0.6) is 0 Å². The molecule has 19 heavy (non-hydrogen) atoms. The fraction of sp³-hybridized carbons (Fsp3) is 0.500. The maximum Gasteiger partial charge on any atom is 0.173 e. The van der Waals surface area contributed by atoms with Crippen molar-refractivity contribution in [3.63, 3.8) is 0 Å². The second kappa shape index (κ2) is 6.28. The van der Waals surface area contributed by atoms with E-state index in [0.717, 1.165) is 28.7 Å². The monoisotopic (exact) mass is 325 g/mol. The quantitative estimate of drug-likeness (QED) is 0.388. The summed E-state index contributed by atoms with van der Waals surface area (Å²) >= 11 is 3.50. The summed E-state index contributed by atoms with van der Waals surface area (Å²) in [5.41, 5.74) is 7.67. The number of hydrogen-bond donors (Lipinski definition) is 2. The van der Waals surface area contributed by atoms with Crippen molar-refractivity contribution in [3.05, 3.63) is 28.2 Å². The van der Waals surface area contributed by atoms with Gasteiger partial charge in [-0.15, -0.1) is 0 Å². The Kier molecular flexibility index (Phi) is 4.69. The van der Waals surface area contributed by atoms with E-state index in [0.29, 0.717) is 6.04 Å². The third-order valence-electron chi connectivity index (χ3n) is 3.76. The normalized spacial score (nSPS) is 20.6. The van der Waals surface area contributed by atoms with Crippen LogP contribution in [0.25, 0.3) is 0 Å². The van der Waals surface area contributed by atoms with Crippen LogP contribution in [0, 0.1) is 0 Å². The molecule has 0 aliphatic carbocycles. The van der Waals surface area contributed by atoms with E-state index in [1.54, 1.807) is 0 Å². The summed E-state index contributed by atoms with van der Waals surface area (Å²) in [5, 5.41) is 12.1. The first-order valence-electron chi connectivity index (χ1n) is 6.72. The molecule has 2 rings (SSSR count). The van der Waals surface area contributed by atoms with Crippen LogP contribution in [0.4, 0.5) is 5.69 Å². The van der Waals surface area contributed by atoms with Crippen LogP contribution in [-0.4, -0.2) is 23.6 Å². The van der Waals surface area contributed by atoms with Gasteiger partial charge in [-0.2, -0.15) is 0 Å². The largest absolute Gasteiger partial charge is 0.409 e. The molecule has 1 fully saturated rings. The third kappa shape index (κ3) is 2.86. The standard InChI is InChI=1S/C14H20BrN3O/c1-2-10-6-3-4-9-18(10)12-8-5-7-11(15)13(12)14(16)17-19/h5,7-8,10,19H,2-4,6,9H2,1H3,(H2,16,17). The van der Waals surface area contributed by atoms with Crippen molar-refractivity contribution in [1.82, 2.24) is 0 Å². The van der Waals surface area contributed by atoms with Gasteiger partial charge >= 0.3 is 0 Å². The van der Waals surface area contributed by atoms with Gasteiger partial charge in [-0.25, -0.2) is 0 Å². The van der Waals surface area contributed by atoms with Gasteiger partial charge in [-0.3, -0.25) is 0 Å². The number of nitrogens with two attached hydrogens (primary N) is 1. The van der Waals surface area contributed by atoms with Crippen LogP contribution in [0.2, 0.25) is 0 Å². The van der Waals surface area contributed by atoms with Crippen molar-refractivity contribution in [2.24, 2.45) is 10.9 Å². The van der Waals surface area contributed by atoms with E-state index in [4.69, 9.17) is 10.9 Å². The van der Waals surface area contributed by atoms with Gasteiger partial charge < -0.3 is 15.8 Å². The Morgan fingerprint density at radius 1 is 1.53 bits per heavy atom. The molecule has 104 valence electrons. The molecule has 1 aliphatic heterocycles. The lowest BCUT2D eigenvalue weighted by molar-refractivity contribution is 0.318. The van der Waals surface area contributed by atoms with Crippen molar-refractivity contribution < 1.29 is 5.21 Å². The second-order valence-corrected chi connectivity index (χ2v) is 5.72. The Labute approximate surface area is 122 Å². The van der Waals surface area contributed by atoms with Gasteiger partial charge in [0.15, 0.2) is 5.84 Å². The molecule has 0 bridgehead atoms.